The Balaban J connectivity index is 2.94. The van der Waals surface area contributed by atoms with Gasteiger partial charge in [0, 0.05) is 15.0 Å². The lowest BCUT2D eigenvalue weighted by atomic mass is 9.91. The molecule has 0 saturated carbocycles. The molecule has 16 heavy (non-hydrogen) atoms. The molecule has 0 heterocycles. The predicted octanol–water partition coefficient (Wildman–Crippen LogP) is 4.91. The van der Waals surface area contributed by atoms with E-state index in [1.165, 1.54) is 18.4 Å². The SMILES string of the molecule is CCCC(C)C(NC)c1cc(Br)cc(Br)c1. The molecule has 0 fully saturated rings. The van der Waals surface area contributed by atoms with Crippen LogP contribution in [0.2, 0.25) is 0 Å². The summed E-state index contributed by atoms with van der Waals surface area (Å²) in [6.45, 7) is 4.54. The van der Waals surface area contributed by atoms with E-state index in [1.807, 2.05) is 7.05 Å². The standard InChI is InChI=1S/C13H19Br2N/c1-4-5-9(2)13(16-3)10-6-11(14)8-12(15)7-10/h6-9,13,16H,4-5H2,1-3H3. The van der Waals surface area contributed by atoms with E-state index in [2.05, 4.69) is 69.2 Å². The van der Waals surface area contributed by atoms with Crippen LogP contribution in [0.3, 0.4) is 0 Å². The van der Waals surface area contributed by atoms with Crippen molar-refractivity contribution in [1.82, 2.24) is 5.32 Å². The first-order valence-corrected chi connectivity index (χ1v) is 7.30. The number of halogens is 2. The molecule has 0 radical (unpaired) electrons. The molecular formula is C13H19Br2N. The highest BCUT2D eigenvalue weighted by molar-refractivity contribution is 9.11. The molecule has 1 rings (SSSR count). The molecule has 0 aromatic heterocycles. The summed E-state index contributed by atoms with van der Waals surface area (Å²) in [5.41, 5.74) is 1.34. The van der Waals surface area contributed by atoms with Gasteiger partial charge >= 0.3 is 0 Å². The Bertz CT molecular complexity index is 318. The number of hydrogen-bond donors (Lipinski definition) is 1. The van der Waals surface area contributed by atoms with Gasteiger partial charge in [0.05, 0.1) is 0 Å². The third kappa shape index (κ3) is 3.86. The van der Waals surface area contributed by atoms with Crippen LogP contribution in [0, 0.1) is 5.92 Å². The molecule has 0 aliphatic rings. The molecular weight excluding hydrogens is 330 g/mol. The number of hydrogen-bond acceptors (Lipinski definition) is 1. The van der Waals surface area contributed by atoms with Crippen LogP contribution in [-0.4, -0.2) is 7.05 Å². The average Bonchev–Trinajstić information content (AvgIpc) is 2.17. The van der Waals surface area contributed by atoms with Gasteiger partial charge < -0.3 is 5.32 Å². The highest BCUT2D eigenvalue weighted by Gasteiger charge is 2.17. The molecule has 1 aromatic carbocycles. The molecule has 0 aliphatic carbocycles. The zero-order chi connectivity index (χ0) is 12.1. The lowest BCUT2D eigenvalue weighted by Gasteiger charge is -2.24. The first-order chi connectivity index (χ1) is 7.58. The molecule has 3 heteroatoms. The molecule has 1 N–H and O–H groups in total. The Morgan fingerprint density at radius 3 is 2.19 bits per heavy atom. The van der Waals surface area contributed by atoms with Gasteiger partial charge in [0.1, 0.15) is 0 Å². The van der Waals surface area contributed by atoms with Gasteiger partial charge in [-0.05, 0) is 43.1 Å². The third-order valence-electron chi connectivity index (χ3n) is 2.87. The topological polar surface area (TPSA) is 12.0 Å². The van der Waals surface area contributed by atoms with E-state index in [0.29, 0.717) is 12.0 Å². The minimum Gasteiger partial charge on any atom is -0.313 e. The minimum atomic E-state index is 0.425. The maximum Gasteiger partial charge on any atom is 0.0344 e. The van der Waals surface area contributed by atoms with Crippen molar-refractivity contribution in [3.63, 3.8) is 0 Å². The summed E-state index contributed by atoms with van der Waals surface area (Å²) in [7, 11) is 2.03. The van der Waals surface area contributed by atoms with E-state index >= 15 is 0 Å². The lowest BCUT2D eigenvalue weighted by Crippen LogP contribution is -2.23. The van der Waals surface area contributed by atoms with Gasteiger partial charge in [0.25, 0.3) is 0 Å². The van der Waals surface area contributed by atoms with Crippen molar-refractivity contribution >= 4 is 31.9 Å². The second-order valence-electron chi connectivity index (χ2n) is 4.24. The van der Waals surface area contributed by atoms with Crippen molar-refractivity contribution in [2.75, 3.05) is 7.05 Å². The summed E-state index contributed by atoms with van der Waals surface area (Å²) in [4.78, 5) is 0. The van der Waals surface area contributed by atoms with Crippen LogP contribution in [0.5, 0.6) is 0 Å². The molecule has 0 spiro atoms. The first kappa shape index (κ1) is 14.2. The predicted molar refractivity (Wildman–Crippen MR) is 77.7 cm³/mol. The normalized spacial score (nSPS) is 14.8. The maximum atomic E-state index is 3.54. The van der Waals surface area contributed by atoms with E-state index in [1.54, 1.807) is 0 Å². The Kier molecular flexibility index (Phi) is 6.01. The van der Waals surface area contributed by atoms with Crippen molar-refractivity contribution in [2.24, 2.45) is 5.92 Å². The van der Waals surface area contributed by atoms with E-state index in [9.17, 15) is 0 Å². The zero-order valence-corrected chi connectivity index (χ0v) is 13.2. The van der Waals surface area contributed by atoms with Gasteiger partial charge in [-0.3, -0.25) is 0 Å². The monoisotopic (exact) mass is 347 g/mol. The average molecular weight is 349 g/mol. The van der Waals surface area contributed by atoms with E-state index < -0.39 is 0 Å². The summed E-state index contributed by atoms with van der Waals surface area (Å²) in [6.07, 6.45) is 2.48. The Labute approximate surface area is 115 Å². The van der Waals surface area contributed by atoms with Crippen LogP contribution < -0.4 is 5.32 Å². The fourth-order valence-electron chi connectivity index (χ4n) is 2.16. The van der Waals surface area contributed by atoms with Crippen molar-refractivity contribution in [1.29, 1.82) is 0 Å². The van der Waals surface area contributed by atoms with Crippen LogP contribution in [-0.2, 0) is 0 Å². The second-order valence-corrected chi connectivity index (χ2v) is 6.07. The lowest BCUT2D eigenvalue weighted by molar-refractivity contribution is 0.383. The molecule has 2 unspecified atom stereocenters. The quantitative estimate of drug-likeness (QED) is 0.797. The molecule has 90 valence electrons. The van der Waals surface area contributed by atoms with Crippen molar-refractivity contribution in [3.8, 4) is 0 Å². The summed E-state index contributed by atoms with van der Waals surface area (Å²) in [5, 5.41) is 3.42. The Morgan fingerprint density at radius 2 is 1.75 bits per heavy atom. The number of nitrogens with one attached hydrogen (secondary N) is 1. The van der Waals surface area contributed by atoms with Crippen molar-refractivity contribution in [2.45, 2.75) is 32.7 Å². The van der Waals surface area contributed by atoms with Gasteiger partial charge in [-0.1, -0.05) is 52.1 Å². The molecule has 0 aliphatic heterocycles. The highest BCUT2D eigenvalue weighted by atomic mass is 79.9. The van der Waals surface area contributed by atoms with Crippen LogP contribution in [0.4, 0.5) is 0 Å². The van der Waals surface area contributed by atoms with Gasteiger partial charge in [0.15, 0.2) is 0 Å². The van der Waals surface area contributed by atoms with Crippen LogP contribution >= 0.6 is 31.9 Å². The van der Waals surface area contributed by atoms with E-state index in [0.717, 1.165) is 8.95 Å². The van der Waals surface area contributed by atoms with Gasteiger partial charge in [0.2, 0.25) is 0 Å². The summed E-state index contributed by atoms with van der Waals surface area (Å²) in [6, 6.07) is 6.88. The molecule has 0 saturated heterocycles. The summed E-state index contributed by atoms with van der Waals surface area (Å²) >= 11 is 7.08. The fraction of sp³-hybridized carbons (Fsp3) is 0.538. The Hall–Kier alpha value is 0.140. The largest absolute Gasteiger partial charge is 0.313 e. The van der Waals surface area contributed by atoms with Crippen molar-refractivity contribution in [3.05, 3.63) is 32.7 Å². The third-order valence-corrected chi connectivity index (χ3v) is 3.78. The second kappa shape index (κ2) is 6.77. The fourth-order valence-corrected chi connectivity index (χ4v) is 3.49. The summed E-state index contributed by atoms with van der Waals surface area (Å²) in [5.74, 6) is 0.649. The van der Waals surface area contributed by atoms with Crippen LogP contribution in [0.15, 0.2) is 27.1 Å². The molecule has 1 aromatic rings. The maximum absolute atomic E-state index is 3.54. The molecule has 2 atom stereocenters. The van der Waals surface area contributed by atoms with Crippen molar-refractivity contribution < 1.29 is 0 Å². The molecule has 0 amide bonds. The van der Waals surface area contributed by atoms with E-state index in [-0.39, 0.29) is 0 Å². The number of benzene rings is 1. The van der Waals surface area contributed by atoms with Crippen LogP contribution in [0.1, 0.15) is 38.3 Å². The van der Waals surface area contributed by atoms with E-state index in [4.69, 9.17) is 0 Å². The van der Waals surface area contributed by atoms with Gasteiger partial charge in [-0.25, -0.2) is 0 Å². The Morgan fingerprint density at radius 1 is 1.19 bits per heavy atom. The van der Waals surface area contributed by atoms with Gasteiger partial charge in [-0.15, -0.1) is 0 Å². The van der Waals surface area contributed by atoms with Crippen LogP contribution in [0.25, 0.3) is 0 Å². The molecule has 1 nitrogen and oxygen atoms in total. The summed E-state index contributed by atoms with van der Waals surface area (Å²) < 4.78 is 2.25. The smallest absolute Gasteiger partial charge is 0.0344 e. The number of rotatable bonds is 5. The van der Waals surface area contributed by atoms with Gasteiger partial charge in [-0.2, -0.15) is 0 Å². The minimum absolute atomic E-state index is 0.425. The zero-order valence-electron chi connectivity index (χ0n) is 10.1. The first-order valence-electron chi connectivity index (χ1n) is 5.71. The molecule has 0 bridgehead atoms. The highest BCUT2D eigenvalue weighted by Crippen LogP contribution is 2.29.